The molecule has 1 N–H and O–H groups in total. The van der Waals surface area contributed by atoms with Crippen molar-refractivity contribution in [2.75, 3.05) is 13.1 Å². The van der Waals surface area contributed by atoms with E-state index in [0.29, 0.717) is 17.0 Å². The Hall–Kier alpha value is -4.13. The van der Waals surface area contributed by atoms with Crippen molar-refractivity contribution in [3.63, 3.8) is 0 Å². The number of pyridine rings is 1. The molecule has 1 saturated heterocycles. The largest absolute Gasteiger partial charge is 0.474 e. The van der Waals surface area contributed by atoms with Gasteiger partial charge in [0.25, 0.3) is 0 Å². The van der Waals surface area contributed by atoms with Crippen LogP contribution in [0.3, 0.4) is 0 Å². The Balaban J connectivity index is 0.000000759. The van der Waals surface area contributed by atoms with E-state index in [1.807, 2.05) is 44.2 Å². The SMILES string of the molecule is C=CC.C=CC(=Nc1ccccc1C)N1CCC(Oc2cc(C)c(C(=N)c3cccc(F)c3)cn2)CC1.CC(C)F. The molecule has 0 radical (unpaired) electrons. The first-order valence-electron chi connectivity index (χ1n) is 13.8. The molecule has 0 saturated carbocycles. The third kappa shape index (κ3) is 10.7. The van der Waals surface area contributed by atoms with Gasteiger partial charge in [0.15, 0.2) is 0 Å². The van der Waals surface area contributed by atoms with E-state index in [-0.39, 0.29) is 17.6 Å². The fraction of sp³-hybridized carbons (Fsp3) is 0.324. The number of nitrogens with zero attached hydrogens (tertiary/aromatic N) is 3. The van der Waals surface area contributed by atoms with Gasteiger partial charge >= 0.3 is 0 Å². The van der Waals surface area contributed by atoms with E-state index in [1.54, 1.807) is 24.4 Å². The van der Waals surface area contributed by atoms with E-state index in [4.69, 9.17) is 15.1 Å². The van der Waals surface area contributed by atoms with Gasteiger partial charge in [-0.25, -0.2) is 18.8 Å². The topological polar surface area (TPSA) is 61.6 Å². The molecule has 1 aliphatic rings. The average Bonchev–Trinajstić information content (AvgIpc) is 2.93. The molecule has 0 aliphatic carbocycles. The highest BCUT2D eigenvalue weighted by molar-refractivity contribution is 6.11. The number of aliphatic imine (C=N–C) groups is 1. The summed E-state index contributed by atoms with van der Waals surface area (Å²) in [7, 11) is 0. The zero-order valence-electron chi connectivity index (χ0n) is 24.8. The van der Waals surface area contributed by atoms with Crippen LogP contribution in [0.1, 0.15) is 55.9 Å². The second-order valence-corrected chi connectivity index (χ2v) is 9.91. The number of allylic oxidation sites excluding steroid dienone is 1. The Kier molecular flexibility index (Phi) is 13.6. The smallest absolute Gasteiger partial charge is 0.213 e. The van der Waals surface area contributed by atoms with E-state index in [2.05, 4.69) is 36.0 Å². The summed E-state index contributed by atoms with van der Waals surface area (Å²) in [5, 5.41) is 8.43. The van der Waals surface area contributed by atoms with Crippen LogP contribution in [0.2, 0.25) is 0 Å². The molecule has 5 nitrogen and oxygen atoms in total. The Morgan fingerprint density at radius 1 is 1.07 bits per heavy atom. The minimum Gasteiger partial charge on any atom is -0.474 e. The summed E-state index contributed by atoms with van der Waals surface area (Å²) in [5.74, 6) is 1.06. The lowest BCUT2D eigenvalue weighted by molar-refractivity contribution is 0.126. The first-order chi connectivity index (χ1) is 19.6. The third-order valence-corrected chi connectivity index (χ3v) is 6.05. The Bertz CT molecular complexity index is 1330. The van der Waals surface area contributed by atoms with Crippen LogP contribution < -0.4 is 4.74 Å². The molecular weight excluding hydrogens is 518 g/mol. The third-order valence-electron chi connectivity index (χ3n) is 6.05. The lowest BCUT2D eigenvalue weighted by atomic mass is 10.0. The number of hydrogen-bond donors (Lipinski definition) is 1. The van der Waals surface area contributed by atoms with Crippen LogP contribution in [0, 0.1) is 25.1 Å². The summed E-state index contributed by atoms with van der Waals surface area (Å²) in [5.41, 5.74) is 4.40. The summed E-state index contributed by atoms with van der Waals surface area (Å²) in [6.07, 6.45) is 6.29. The fourth-order valence-electron chi connectivity index (χ4n) is 4.09. The number of ether oxygens (including phenoxy) is 1. The van der Waals surface area contributed by atoms with Gasteiger partial charge in [-0.1, -0.05) is 43.0 Å². The number of halogens is 2. The van der Waals surface area contributed by atoms with Crippen LogP contribution >= 0.6 is 0 Å². The summed E-state index contributed by atoms with van der Waals surface area (Å²) < 4.78 is 30.7. The molecular formula is C34H42F2N4O. The second kappa shape index (κ2) is 16.9. The molecule has 2 heterocycles. The number of likely N-dealkylation sites (tertiary alicyclic amines) is 1. The summed E-state index contributed by atoms with van der Waals surface area (Å²) in [6.45, 7) is 17.8. The molecule has 0 spiro atoms. The number of nitrogens with one attached hydrogen (secondary N) is 1. The quantitative estimate of drug-likeness (QED) is 0.187. The van der Waals surface area contributed by atoms with Crippen LogP contribution in [-0.2, 0) is 0 Å². The molecule has 218 valence electrons. The van der Waals surface area contributed by atoms with Gasteiger partial charge < -0.3 is 9.64 Å². The van der Waals surface area contributed by atoms with Gasteiger partial charge in [0.1, 0.15) is 17.8 Å². The van der Waals surface area contributed by atoms with Crippen molar-refractivity contribution in [2.45, 2.75) is 59.7 Å². The van der Waals surface area contributed by atoms with Gasteiger partial charge in [-0.05, 0) is 70.0 Å². The fourth-order valence-corrected chi connectivity index (χ4v) is 4.09. The number of aryl methyl sites for hydroxylation is 2. The Labute approximate surface area is 243 Å². The van der Waals surface area contributed by atoms with Crippen molar-refractivity contribution in [2.24, 2.45) is 4.99 Å². The highest BCUT2D eigenvalue weighted by atomic mass is 19.1. The van der Waals surface area contributed by atoms with Gasteiger partial charge in [-0.3, -0.25) is 5.41 Å². The standard InChI is InChI=1S/C28H29FN4O.C3H7F.C3H6/c1-4-26(32-25-11-6-5-8-19(25)2)33-14-12-23(13-15-33)34-27-16-20(3)24(18-31-27)28(30)21-9-7-10-22(29)17-21;1-3(2)4;1-3-2/h4-11,16-18,23,30H,1,12-15H2,2-3H3;3H,1-2H3;3H,1H2,2H3. The number of rotatable bonds is 6. The van der Waals surface area contributed by atoms with E-state index < -0.39 is 6.17 Å². The van der Waals surface area contributed by atoms with Gasteiger partial charge in [-0.15, -0.1) is 6.58 Å². The van der Waals surface area contributed by atoms with Gasteiger partial charge in [0.05, 0.1) is 17.6 Å². The van der Waals surface area contributed by atoms with Crippen LogP contribution in [0.5, 0.6) is 5.88 Å². The Morgan fingerprint density at radius 2 is 1.71 bits per heavy atom. The van der Waals surface area contributed by atoms with Crippen molar-refractivity contribution in [1.82, 2.24) is 9.88 Å². The molecule has 4 rings (SSSR count). The minimum absolute atomic E-state index is 0.0567. The minimum atomic E-state index is -0.667. The van der Waals surface area contributed by atoms with E-state index in [0.717, 1.165) is 48.6 Å². The van der Waals surface area contributed by atoms with Crippen molar-refractivity contribution in [3.8, 4) is 5.88 Å². The van der Waals surface area contributed by atoms with Crippen LogP contribution in [-0.4, -0.2) is 46.8 Å². The number of alkyl halides is 1. The number of aromatic nitrogens is 1. The maximum Gasteiger partial charge on any atom is 0.213 e. The lowest BCUT2D eigenvalue weighted by Crippen LogP contribution is -2.41. The van der Waals surface area contributed by atoms with E-state index in [1.165, 1.54) is 26.0 Å². The molecule has 41 heavy (non-hydrogen) atoms. The number of benzene rings is 2. The maximum absolute atomic E-state index is 13.5. The summed E-state index contributed by atoms with van der Waals surface area (Å²) in [4.78, 5) is 11.5. The molecule has 2 aromatic carbocycles. The van der Waals surface area contributed by atoms with Crippen LogP contribution in [0.4, 0.5) is 14.5 Å². The maximum atomic E-state index is 13.5. The van der Waals surface area contributed by atoms with Crippen molar-refractivity contribution >= 4 is 17.2 Å². The first kappa shape index (κ1) is 33.1. The second-order valence-electron chi connectivity index (χ2n) is 9.91. The molecule has 1 aliphatic heterocycles. The predicted molar refractivity (Wildman–Crippen MR) is 167 cm³/mol. The van der Waals surface area contributed by atoms with Crippen molar-refractivity contribution < 1.29 is 13.5 Å². The molecule has 0 unspecified atom stereocenters. The molecule has 0 atom stereocenters. The highest BCUT2D eigenvalue weighted by Crippen LogP contribution is 2.23. The monoisotopic (exact) mass is 560 g/mol. The summed E-state index contributed by atoms with van der Waals surface area (Å²) >= 11 is 0. The number of piperidine rings is 1. The van der Waals surface area contributed by atoms with Crippen LogP contribution in [0.15, 0.2) is 91.1 Å². The van der Waals surface area contributed by atoms with Gasteiger partial charge in [-0.2, -0.15) is 0 Å². The lowest BCUT2D eigenvalue weighted by Gasteiger charge is -2.33. The zero-order valence-corrected chi connectivity index (χ0v) is 24.8. The molecule has 0 bridgehead atoms. The summed E-state index contributed by atoms with van der Waals surface area (Å²) in [6, 6.07) is 16.0. The normalized spacial score (nSPS) is 13.4. The van der Waals surface area contributed by atoms with E-state index in [9.17, 15) is 8.78 Å². The van der Waals surface area contributed by atoms with Crippen LogP contribution in [0.25, 0.3) is 0 Å². The number of amidine groups is 1. The van der Waals surface area contributed by atoms with Crippen molar-refractivity contribution in [3.05, 3.63) is 114 Å². The van der Waals surface area contributed by atoms with E-state index >= 15 is 0 Å². The average molecular weight is 561 g/mol. The predicted octanol–water partition coefficient (Wildman–Crippen LogP) is 8.57. The van der Waals surface area contributed by atoms with Crippen molar-refractivity contribution in [1.29, 1.82) is 5.41 Å². The molecule has 3 aromatic rings. The molecule has 7 heteroatoms. The van der Waals surface area contributed by atoms with Gasteiger partial charge in [0, 0.05) is 49.3 Å². The number of hydrogen-bond acceptors (Lipinski definition) is 4. The zero-order chi connectivity index (χ0) is 30.4. The number of para-hydroxylation sites is 1. The first-order valence-corrected chi connectivity index (χ1v) is 13.8. The highest BCUT2D eigenvalue weighted by Gasteiger charge is 2.23. The molecule has 0 amide bonds. The van der Waals surface area contributed by atoms with Gasteiger partial charge in [0.2, 0.25) is 5.88 Å². The Morgan fingerprint density at radius 3 is 2.27 bits per heavy atom. The molecule has 1 fully saturated rings. The molecule has 1 aromatic heterocycles.